The number of nitriles is 1. The lowest BCUT2D eigenvalue weighted by Gasteiger charge is -2.44. The van der Waals surface area contributed by atoms with Gasteiger partial charge in [-0.15, -0.1) is 0 Å². The van der Waals surface area contributed by atoms with Gasteiger partial charge in [-0.3, -0.25) is 4.98 Å². The van der Waals surface area contributed by atoms with Crippen LogP contribution in [0.25, 0.3) is 0 Å². The molecule has 2 aliphatic rings. The largest absolute Gasteiger partial charge is 0.417 e. The summed E-state index contributed by atoms with van der Waals surface area (Å²) in [6.45, 7) is 13.9. The molecule has 200 valence electrons. The fourth-order valence-electron chi connectivity index (χ4n) is 6.27. The maximum atomic E-state index is 13.5. The van der Waals surface area contributed by atoms with E-state index in [1.807, 2.05) is 6.92 Å². The third-order valence-corrected chi connectivity index (χ3v) is 8.26. The number of nitrogens with zero attached hydrogens (tertiary/aromatic N) is 2. The van der Waals surface area contributed by atoms with Crippen LogP contribution in [-0.2, 0) is 22.7 Å². The molecule has 1 N–H and O–H groups in total. The monoisotopic (exact) mass is 514 g/mol. The van der Waals surface area contributed by atoms with Gasteiger partial charge in [0, 0.05) is 36.1 Å². The Labute approximate surface area is 217 Å². The highest BCUT2D eigenvalue weighted by Gasteiger charge is 2.43. The summed E-state index contributed by atoms with van der Waals surface area (Å²) < 4.78 is 46.2. The van der Waals surface area contributed by atoms with Gasteiger partial charge in [-0.2, -0.15) is 18.4 Å². The van der Waals surface area contributed by atoms with Crippen molar-refractivity contribution in [2.24, 2.45) is 5.41 Å². The number of aliphatic hydroxyl groups excluding tert-OH is 1. The fraction of sp³-hybridized carbons (Fsp3) is 0.600. The van der Waals surface area contributed by atoms with E-state index in [0.717, 1.165) is 53.4 Å². The third-order valence-electron chi connectivity index (χ3n) is 8.26. The molecule has 0 unspecified atom stereocenters. The molecular formula is C30H37F3N2O2. The molecule has 4 rings (SSSR count). The highest BCUT2D eigenvalue weighted by Crippen LogP contribution is 2.51. The van der Waals surface area contributed by atoms with E-state index in [1.54, 1.807) is 6.07 Å². The molecule has 4 nitrogen and oxygen atoms in total. The van der Waals surface area contributed by atoms with Gasteiger partial charge in [-0.25, -0.2) is 0 Å². The molecule has 2 atom stereocenters. The number of fused-ring (bicyclic) bond motifs is 1. The molecule has 2 aromatic rings. The first kappa shape index (κ1) is 27.6. The number of aromatic nitrogens is 1. The zero-order chi connectivity index (χ0) is 27.3. The van der Waals surface area contributed by atoms with E-state index in [1.165, 1.54) is 12.1 Å². The standard InChI is InChI=1S/C30H37F3N2O2/c1-17(2)27-24(18(3)19-7-8-21(30(31,32)33)20(13-19)16-34)26(29(6)9-11-37-12-10-29)25-22(35-27)14-28(4,5)15-23(25)36/h7-8,13,17-18,23,36H,9-12,14-15H2,1-6H3/t18-,23+/m1/s1. The van der Waals surface area contributed by atoms with Crippen molar-refractivity contribution in [1.29, 1.82) is 5.26 Å². The van der Waals surface area contributed by atoms with Gasteiger partial charge in [-0.05, 0) is 71.3 Å². The van der Waals surface area contributed by atoms with Gasteiger partial charge in [-0.1, -0.05) is 47.6 Å². The van der Waals surface area contributed by atoms with E-state index in [2.05, 4.69) is 34.6 Å². The number of ether oxygens (including phenoxy) is 1. The molecule has 1 fully saturated rings. The van der Waals surface area contributed by atoms with Gasteiger partial charge in [0.05, 0.1) is 23.3 Å². The van der Waals surface area contributed by atoms with Gasteiger partial charge in [0.15, 0.2) is 0 Å². The summed E-state index contributed by atoms with van der Waals surface area (Å²) in [6, 6.07) is 5.61. The SMILES string of the molecule is CC(C)c1nc2c(c(C3(C)CCOCC3)c1[C@H](C)c1ccc(C(F)(F)F)c(C#N)c1)[C@@H](O)CC(C)(C)C2. The minimum Gasteiger partial charge on any atom is -0.388 e. The summed E-state index contributed by atoms with van der Waals surface area (Å²) in [5.74, 6) is -0.251. The predicted molar refractivity (Wildman–Crippen MR) is 136 cm³/mol. The van der Waals surface area contributed by atoms with E-state index in [0.29, 0.717) is 25.2 Å². The van der Waals surface area contributed by atoms with Crippen LogP contribution < -0.4 is 0 Å². The average molecular weight is 515 g/mol. The normalized spacial score (nSPS) is 21.8. The Morgan fingerprint density at radius 1 is 1.14 bits per heavy atom. The maximum Gasteiger partial charge on any atom is 0.417 e. The highest BCUT2D eigenvalue weighted by molar-refractivity contribution is 5.54. The molecule has 1 aromatic heterocycles. The molecule has 0 saturated carbocycles. The van der Waals surface area contributed by atoms with Gasteiger partial charge >= 0.3 is 6.18 Å². The van der Waals surface area contributed by atoms with Gasteiger partial charge in [0.1, 0.15) is 0 Å². The van der Waals surface area contributed by atoms with Crippen molar-refractivity contribution in [3.63, 3.8) is 0 Å². The van der Waals surface area contributed by atoms with Crippen molar-refractivity contribution >= 4 is 0 Å². The smallest absolute Gasteiger partial charge is 0.388 e. The minimum atomic E-state index is -4.60. The second kappa shape index (κ2) is 9.71. The highest BCUT2D eigenvalue weighted by atomic mass is 19.4. The van der Waals surface area contributed by atoms with E-state index in [4.69, 9.17) is 9.72 Å². The predicted octanol–water partition coefficient (Wildman–Crippen LogP) is 7.32. The van der Waals surface area contributed by atoms with Crippen LogP contribution in [0.4, 0.5) is 13.2 Å². The van der Waals surface area contributed by atoms with E-state index in [-0.39, 0.29) is 28.2 Å². The second-order valence-electron chi connectivity index (χ2n) is 12.2. The minimum absolute atomic E-state index is 0.0667. The first-order valence-electron chi connectivity index (χ1n) is 13.1. The summed E-state index contributed by atoms with van der Waals surface area (Å²) >= 11 is 0. The first-order chi connectivity index (χ1) is 17.2. The topological polar surface area (TPSA) is 66.1 Å². The second-order valence-corrected chi connectivity index (χ2v) is 12.2. The van der Waals surface area contributed by atoms with Gasteiger partial charge < -0.3 is 9.84 Å². The van der Waals surface area contributed by atoms with Crippen LogP contribution in [0.5, 0.6) is 0 Å². The van der Waals surface area contributed by atoms with Crippen molar-refractivity contribution in [3.8, 4) is 6.07 Å². The summed E-state index contributed by atoms with van der Waals surface area (Å²) in [5, 5.41) is 21.0. The van der Waals surface area contributed by atoms with Crippen LogP contribution in [0.15, 0.2) is 18.2 Å². The molecule has 1 aliphatic carbocycles. The summed E-state index contributed by atoms with van der Waals surface area (Å²) in [6.07, 6.45) is -2.32. The molecule has 0 bridgehead atoms. The molecule has 37 heavy (non-hydrogen) atoms. The molecule has 7 heteroatoms. The molecule has 1 saturated heterocycles. The zero-order valence-corrected chi connectivity index (χ0v) is 22.6. The Kier molecular flexibility index (Phi) is 7.24. The van der Waals surface area contributed by atoms with E-state index < -0.39 is 17.8 Å². The van der Waals surface area contributed by atoms with Crippen molar-refractivity contribution in [2.45, 2.75) is 96.8 Å². The number of halogens is 3. The summed E-state index contributed by atoms with van der Waals surface area (Å²) in [5.41, 5.74) is 3.75. The Morgan fingerprint density at radius 2 is 1.78 bits per heavy atom. The van der Waals surface area contributed by atoms with Crippen molar-refractivity contribution < 1.29 is 23.0 Å². The molecule has 2 heterocycles. The van der Waals surface area contributed by atoms with Gasteiger partial charge in [0.25, 0.3) is 0 Å². The molecular weight excluding hydrogens is 477 g/mol. The molecule has 0 amide bonds. The number of pyridine rings is 1. The van der Waals surface area contributed by atoms with Crippen LogP contribution in [0.3, 0.4) is 0 Å². The Morgan fingerprint density at radius 3 is 2.35 bits per heavy atom. The van der Waals surface area contributed by atoms with Crippen LogP contribution in [0.1, 0.15) is 124 Å². The van der Waals surface area contributed by atoms with Crippen molar-refractivity contribution in [3.05, 3.63) is 63.0 Å². The molecule has 1 aromatic carbocycles. The number of hydrogen-bond donors (Lipinski definition) is 1. The summed E-state index contributed by atoms with van der Waals surface area (Å²) in [4.78, 5) is 5.16. The average Bonchev–Trinajstić information content (AvgIpc) is 2.81. The quantitative estimate of drug-likeness (QED) is 0.464. The van der Waals surface area contributed by atoms with E-state index >= 15 is 0 Å². The lowest BCUT2D eigenvalue weighted by Crippen LogP contribution is -2.37. The zero-order valence-electron chi connectivity index (χ0n) is 22.6. The van der Waals surface area contributed by atoms with Crippen molar-refractivity contribution in [2.75, 3.05) is 13.2 Å². The number of hydrogen-bond acceptors (Lipinski definition) is 4. The van der Waals surface area contributed by atoms with E-state index in [9.17, 15) is 23.5 Å². The maximum absolute atomic E-state index is 13.5. The first-order valence-corrected chi connectivity index (χ1v) is 13.1. The Hall–Kier alpha value is -2.43. The Bertz CT molecular complexity index is 1220. The lowest BCUT2D eigenvalue weighted by atomic mass is 9.64. The number of alkyl halides is 3. The van der Waals surface area contributed by atoms with Gasteiger partial charge in [0.2, 0.25) is 0 Å². The number of aliphatic hydroxyl groups is 1. The van der Waals surface area contributed by atoms with Crippen LogP contribution in [0.2, 0.25) is 0 Å². The third kappa shape index (κ3) is 5.15. The molecule has 0 spiro atoms. The van der Waals surface area contributed by atoms with Crippen LogP contribution >= 0.6 is 0 Å². The van der Waals surface area contributed by atoms with Crippen LogP contribution in [0, 0.1) is 16.7 Å². The van der Waals surface area contributed by atoms with Crippen LogP contribution in [-0.4, -0.2) is 23.3 Å². The summed E-state index contributed by atoms with van der Waals surface area (Å²) in [7, 11) is 0. The Balaban J connectivity index is 2.02. The van der Waals surface area contributed by atoms with Crippen molar-refractivity contribution in [1.82, 2.24) is 4.98 Å². The number of rotatable bonds is 4. The fourth-order valence-corrected chi connectivity index (χ4v) is 6.27. The molecule has 0 radical (unpaired) electrons. The number of benzene rings is 1. The molecule has 1 aliphatic heterocycles. The lowest BCUT2D eigenvalue weighted by molar-refractivity contribution is -0.137.